The average molecular weight is 271 g/mol. The van der Waals surface area contributed by atoms with Gasteiger partial charge in [0, 0.05) is 13.0 Å². The van der Waals surface area contributed by atoms with Gasteiger partial charge in [-0.15, -0.1) is 0 Å². The highest BCUT2D eigenvalue weighted by Gasteiger charge is 2.27. The highest BCUT2D eigenvalue weighted by atomic mass is 16.4. The van der Waals surface area contributed by atoms with Crippen molar-refractivity contribution in [2.45, 2.75) is 38.6 Å². The Morgan fingerprint density at radius 2 is 2.16 bits per heavy atom. The highest BCUT2D eigenvalue weighted by molar-refractivity contribution is 5.96. The molecular formula is C12H21N3O4. The van der Waals surface area contributed by atoms with E-state index in [0.29, 0.717) is 13.0 Å². The van der Waals surface area contributed by atoms with Crippen molar-refractivity contribution in [2.75, 3.05) is 13.1 Å². The van der Waals surface area contributed by atoms with Crippen LogP contribution < -0.4 is 11.1 Å². The van der Waals surface area contributed by atoms with E-state index in [4.69, 9.17) is 10.8 Å². The number of amides is 3. The number of carbonyl (C=O) groups excluding carboxylic acids is 2. The summed E-state index contributed by atoms with van der Waals surface area (Å²) in [6, 6.07) is -1.28. The largest absolute Gasteiger partial charge is 0.481 e. The van der Waals surface area contributed by atoms with Crippen molar-refractivity contribution in [3.8, 4) is 0 Å². The van der Waals surface area contributed by atoms with Crippen LogP contribution in [0.2, 0.25) is 0 Å². The predicted octanol–water partition coefficient (Wildman–Crippen LogP) is 0.147. The van der Waals surface area contributed by atoms with E-state index in [0.717, 1.165) is 19.4 Å². The van der Waals surface area contributed by atoms with Crippen LogP contribution in [0.1, 0.15) is 32.6 Å². The number of nitrogens with two attached hydrogens (primary N) is 1. The van der Waals surface area contributed by atoms with Gasteiger partial charge in [0.15, 0.2) is 0 Å². The Kier molecular flexibility index (Phi) is 5.75. The topological polar surface area (TPSA) is 113 Å². The lowest BCUT2D eigenvalue weighted by Crippen LogP contribution is -2.51. The number of urea groups is 1. The molecule has 7 heteroatoms. The van der Waals surface area contributed by atoms with E-state index in [2.05, 4.69) is 5.32 Å². The van der Waals surface area contributed by atoms with Crippen LogP contribution in [-0.4, -0.2) is 47.0 Å². The van der Waals surface area contributed by atoms with Crippen LogP contribution in [0.5, 0.6) is 0 Å². The number of carboxylic acid groups (broad SMARTS) is 1. The van der Waals surface area contributed by atoms with E-state index in [1.807, 2.05) is 4.90 Å². The number of likely N-dealkylation sites (tertiary alicyclic amines) is 1. The Hall–Kier alpha value is -1.63. The van der Waals surface area contributed by atoms with Crippen molar-refractivity contribution in [3.05, 3.63) is 0 Å². The summed E-state index contributed by atoms with van der Waals surface area (Å²) in [5.41, 5.74) is 4.91. The van der Waals surface area contributed by atoms with E-state index >= 15 is 0 Å². The molecule has 7 nitrogen and oxygen atoms in total. The standard InChI is InChI=1S/C12H21N3O4/c1-8(11(18)14-12(13)19)15-6-2-3-9(7-15)4-5-10(16)17/h8-9H,2-7H2,1H3,(H,16,17)(H3,13,14,18,19). The van der Waals surface area contributed by atoms with Crippen LogP contribution in [0.25, 0.3) is 0 Å². The number of carbonyl (C=O) groups is 3. The summed E-state index contributed by atoms with van der Waals surface area (Å²) in [6.07, 6.45) is 2.68. The normalized spacial score (nSPS) is 21.6. The quantitative estimate of drug-likeness (QED) is 0.658. The van der Waals surface area contributed by atoms with Crippen molar-refractivity contribution in [3.63, 3.8) is 0 Å². The van der Waals surface area contributed by atoms with Crippen LogP contribution in [0.15, 0.2) is 0 Å². The molecule has 0 radical (unpaired) electrons. The van der Waals surface area contributed by atoms with Crippen LogP contribution in [0.3, 0.4) is 0 Å². The number of rotatable bonds is 5. The third-order valence-corrected chi connectivity index (χ3v) is 3.49. The van der Waals surface area contributed by atoms with Gasteiger partial charge in [0.1, 0.15) is 0 Å². The molecule has 1 rings (SSSR count). The third kappa shape index (κ3) is 5.25. The lowest BCUT2D eigenvalue weighted by atomic mass is 9.92. The van der Waals surface area contributed by atoms with Gasteiger partial charge in [-0.1, -0.05) is 0 Å². The summed E-state index contributed by atoms with van der Waals surface area (Å²) in [5, 5.41) is 10.7. The lowest BCUT2D eigenvalue weighted by molar-refractivity contribution is -0.137. The molecule has 2 atom stereocenters. The predicted molar refractivity (Wildman–Crippen MR) is 68.4 cm³/mol. The number of carboxylic acids is 1. The molecule has 1 heterocycles. The lowest BCUT2D eigenvalue weighted by Gasteiger charge is -2.35. The summed E-state index contributed by atoms with van der Waals surface area (Å²) in [4.78, 5) is 34.8. The number of imide groups is 1. The van der Waals surface area contributed by atoms with Gasteiger partial charge in [0.25, 0.3) is 0 Å². The molecule has 4 N–H and O–H groups in total. The molecule has 2 unspecified atom stereocenters. The number of nitrogens with one attached hydrogen (secondary N) is 1. The van der Waals surface area contributed by atoms with Crippen molar-refractivity contribution in [1.29, 1.82) is 0 Å². The first-order chi connectivity index (χ1) is 8.90. The van der Waals surface area contributed by atoms with Crippen molar-refractivity contribution < 1.29 is 19.5 Å². The summed E-state index contributed by atoms with van der Waals surface area (Å²) in [5.74, 6) is -0.920. The van der Waals surface area contributed by atoms with Gasteiger partial charge in [0.05, 0.1) is 6.04 Å². The third-order valence-electron chi connectivity index (χ3n) is 3.49. The van der Waals surface area contributed by atoms with Gasteiger partial charge >= 0.3 is 12.0 Å². The second kappa shape index (κ2) is 7.08. The second-order valence-electron chi connectivity index (χ2n) is 4.97. The summed E-state index contributed by atoms with van der Waals surface area (Å²) in [6.45, 7) is 3.18. The SMILES string of the molecule is CC(C(=O)NC(N)=O)N1CCCC(CCC(=O)O)C1. The highest BCUT2D eigenvalue weighted by Crippen LogP contribution is 2.22. The van der Waals surface area contributed by atoms with Gasteiger partial charge in [-0.05, 0) is 38.6 Å². The fraction of sp³-hybridized carbons (Fsp3) is 0.750. The number of aliphatic carboxylic acids is 1. The first kappa shape index (κ1) is 15.4. The number of hydrogen-bond acceptors (Lipinski definition) is 4. The molecule has 1 aliphatic heterocycles. The zero-order chi connectivity index (χ0) is 14.4. The van der Waals surface area contributed by atoms with Crippen LogP contribution >= 0.6 is 0 Å². The zero-order valence-electron chi connectivity index (χ0n) is 11.1. The molecule has 0 aromatic heterocycles. The Labute approximate surface area is 112 Å². The summed E-state index contributed by atoms with van der Waals surface area (Å²) < 4.78 is 0. The zero-order valence-corrected chi connectivity index (χ0v) is 11.1. The molecule has 0 aliphatic carbocycles. The maximum Gasteiger partial charge on any atom is 0.318 e. The smallest absolute Gasteiger partial charge is 0.318 e. The summed E-state index contributed by atoms with van der Waals surface area (Å²) in [7, 11) is 0. The Bertz CT molecular complexity index is 359. The molecule has 19 heavy (non-hydrogen) atoms. The Morgan fingerprint density at radius 3 is 2.74 bits per heavy atom. The summed E-state index contributed by atoms with van der Waals surface area (Å²) >= 11 is 0. The molecule has 0 aromatic carbocycles. The van der Waals surface area contributed by atoms with Gasteiger partial charge in [-0.2, -0.15) is 0 Å². The molecule has 0 spiro atoms. The maximum absolute atomic E-state index is 11.7. The number of nitrogens with zero attached hydrogens (tertiary/aromatic N) is 1. The monoisotopic (exact) mass is 271 g/mol. The minimum Gasteiger partial charge on any atom is -0.481 e. The average Bonchev–Trinajstić information content (AvgIpc) is 2.35. The molecule has 1 fully saturated rings. The van der Waals surface area contributed by atoms with Crippen LogP contribution in [-0.2, 0) is 9.59 Å². The fourth-order valence-electron chi connectivity index (χ4n) is 2.40. The van der Waals surface area contributed by atoms with Gasteiger partial charge in [0.2, 0.25) is 5.91 Å². The number of piperidine rings is 1. The van der Waals surface area contributed by atoms with E-state index < -0.39 is 23.9 Å². The fourth-order valence-corrected chi connectivity index (χ4v) is 2.40. The van der Waals surface area contributed by atoms with Gasteiger partial charge < -0.3 is 10.8 Å². The molecule has 1 aliphatic rings. The van der Waals surface area contributed by atoms with E-state index in [9.17, 15) is 14.4 Å². The van der Waals surface area contributed by atoms with E-state index in [-0.39, 0.29) is 12.3 Å². The number of primary amides is 1. The molecule has 1 saturated heterocycles. The molecule has 3 amide bonds. The number of hydrogen-bond donors (Lipinski definition) is 3. The minimum absolute atomic E-state index is 0.153. The van der Waals surface area contributed by atoms with E-state index in [1.54, 1.807) is 6.92 Å². The molecule has 0 bridgehead atoms. The molecule has 0 saturated carbocycles. The van der Waals surface area contributed by atoms with E-state index in [1.165, 1.54) is 0 Å². The Balaban J connectivity index is 2.46. The van der Waals surface area contributed by atoms with Gasteiger partial charge in [-0.25, -0.2) is 4.79 Å². The molecular weight excluding hydrogens is 250 g/mol. The Morgan fingerprint density at radius 1 is 1.47 bits per heavy atom. The minimum atomic E-state index is -0.851. The van der Waals surface area contributed by atoms with Crippen molar-refractivity contribution in [1.82, 2.24) is 10.2 Å². The second-order valence-corrected chi connectivity index (χ2v) is 4.97. The first-order valence-electron chi connectivity index (χ1n) is 6.46. The molecule has 108 valence electrons. The van der Waals surface area contributed by atoms with Crippen LogP contribution in [0, 0.1) is 5.92 Å². The maximum atomic E-state index is 11.7. The van der Waals surface area contributed by atoms with Crippen molar-refractivity contribution >= 4 is 17.9 Å². The van der Waals surface area contributed by atoms with Crippen LogP contribution in [0.4, 0.5) is 4.79 Å². The van der Waals surface area contributed by atoms with Crippen molar-refractivity contribution in [2.24, 2.45) is 11.7 Å². The molecule has 0 aromatic rings. The first-order valence-corrected chi connectivity index (χ1v) is 6.46. The van der Waals surface area contributed by atoms with Gasteiger partial charge in [-0.3, -0.25) is 19.8 Å².